The number of fused-ring (bicyclic) bond motifs is 1. The van der Waals surface area contributed by atoms with E-state index in [0.717, 1.165) is 24.4 Å². The summed E-state index contributed by atoms with van der Waals surface area (Å²) in [5, 5.41) is 10.9. The number of hydrogen-bond acceptors (Lipinski definition) is 4. The highest BCUT2D eigenvalue weighted by atomic mass is 32.2. The molecule has 3 rings (SSSR count). The molecule has 1 aromatic heterocycles. The maximum absolute atomic E-state index is 12.3. The molecular formula is C16H14N2OS2. The fraction of sp³-hybridized carbons (Fsp3) is 0.250. The number of thioether (sulfide) groups is 1. The summed E-state index contributed by atoms with van der Waals surface area (Å²) < 4.78 is 0. The fourth-order valence-corrected chi connectivity index (χ4v) is 4.01. The average Bonchev–Trinajstić information content (AvgIpc) is 3.00. The second-order valence-electron chi connectivity index (χ2n) is 4.86. The lowest BCUT2D eigenvalue weighted by atomic mass is 10.1. The van der Waals surface area contributed by atoms with Crippen molar-refractivity contribution in [2.24, 2.45) is 0 Å². The lowest BCUT2D eigenvalue weighted by molar-refractivity contribution is -0.129. The van der Waals surface area contributed by atoms with Gasteiger partial charge in [-0.25, -0.2) is 0 Å². The molecule has 0 N–H and O–H groups in total. The Labute approximate surface area is 132 Å². The zero-order chi connectivity index (χ0) is 14.7. The van der Waals surface area contributed by atoms with E-state index in [2.05, 4.69) is 17.5 Å². The van der Waals surface area contributed by atoms with Crippen LogP contribution in [0.2, 0.25) is 0 Å². The van der Waals surface area contributed by atoms with Gasteiger partial charge in [0.25, 0.3) is 0 Å². The third kappa shape index (κ3) is 3.29. The first kappa shape index (κ1) is 14.2. The van der Waals surface area contributed by atoms with Crippen molar-refractivity contribution in [2.75, 3.05) is 12.3 Å². The minimum Gasteiger partial charge on any atom is -0.337 e. The predicted octanol–water partition coefficient (Wildman–Crippen LogP) is 3.30. The molecule has 1 aliphatic rings. The maximum atomic E-state index is 12.3. The van der Waals surface area contributed by atoms with Crippen molar-refractivity contribution in [3.63, 3.8) is 0 Å². The quantitative estimate of drug-likeness (QED) is 0.817. The molecule has 2 heterocycles. The van der Waals surface area contributed by atoms with Crippen molar-refractivity contribution < 1.29 is 4.79 Å². The number of hydrogen-bond donors (Lipinski definition) is 0. The maximum Gasteiger partial charge on any atom is 0.233 e. The average molecular weight is 314 g/mol. The number of rotatable bonds is 3. The second kappa shape index (κ2) is 6.33. The van der Waals surface area contributed by atoms with E-state index in [1.165, 1.54) is 22.2 Å². The van der Waals surface area contributed by atoms with Gasteiger partial charge in [0.15, 0.2) is 0 Å². The van der Waals surface area contributed by atoms with Gasteiger partial charge in [-0.1, -0.05) is 0 Å². The van der Waals surface area contributed by atoms with Crippen LogP contribution in [0.5, 0.6) is 0 Å². The summed E-state index contributed by atoms with van der Waals surface area (Å²) in [6, 6.07) is 11.6. The number of nitriles is 1. The monoisotopic (exact) mass is 314 g/mol. The van der Waals surface area contributed by atoms with Crippen LogP contribution in [-0.4, -0.2) is 23.1 Å². The lowest BCUT2D eigenvalue weighted by Gasteiger charge is -2.26. The molecule has 1 amide bonds. The summed E-state index contributed by atoms with van der Waals surface area (Å²) in [6.07, 6.45) is 0.972. The van der Waals surface area contributed by atoms with E-state index < -0.39 is 0 Å². The molecule has 0 spiro atoms. The molecule has 0 unspecified atom stereocenters. The first-order valence-corrected chi connectivity index (χ1v) is 8.59. The lowest BCUT2D eigenvalue weighted by Crippen LogP contribution is -2.36. The highest BCUT2D eigenvalue weighted by Crippen LogP contribution is 2.25. The van der Waals surface area contributed by atoms with Crippen molar-refractivity contribution >= 4 is 29.0 Å². The Hall–Kier alpha value is -1.77. The highest BCUT2D eigenvalue weighted by molar-refractivity contribution is 8.00. The van der Waals surface area contributed by atoms with Crippen LogP contribution in [0.15, 0.2) is 40.6 Å². The van der Waals surface area contributed by atoms with Crippen molar-refractivity contribution in [2.45, 2.75) is 17.9 Å². The van der Waals surface area contributed by atoms with Crippen molar-refractivity contribution in [3.8, 4) is 6.07 Å². The second-order valence-corrected chi connectivity index (χ2v) is 6.91. The number of carbonyl (C=O) groups is 1. The van der Waals surface area contributed by atoms with E-state index in [-0.39, 0.29) is 5.91 Å². The van der Waals surface area contributed by atoms with E-state index in [9.17, 15) is 4.79 Å². The molecule has 0 atom stereocenters. The molecule has 5 heteroatoms. The topological polar surface area (TPSA) is 44.1 Å². The van der Waals surface area contributed by atoms with E-state index in [1.54, 1.807) is 23.5 Å². The van der Waals surface area contributed by atoms with Gasteiger partial charge in [0.2, 0.25) is 5.91 Å². The number of thiophene rings is 1. The SMILES string of the molecule is N#Cc1ccc(SCC(=O)N2CCc3sccc3C2)cc1. The fourth-order valence-electron chi connectivity index (χ4n) is 2.32. The van der Waals surface area contributed by atoms with Gasteiger partial charge in [-0.05, 0) is 47.7 Å². The molecule has 2 aromatic rings. The number of carbonyl (C=O) groups excluding carboxylic acids is 1. The summed E-state index contributed by atoms with van der Waals surface area (Å²) in [7, 11) is 0. The molecule has 0 saturated heterocycles. The van der Waals surface area contributed by atoms with Gasteiger partial charge in [-0.15, -0.1) is 23.1 Å². The van der Waals surface area contributed by atoms with Crippen LogP contribution in [-0.2, 0) is 17.8 Å². The minimum absolute atomic E-state index is 0.182. The standard InChI is InChI=1S/C16H14N2OS2/c17-9-12-1-3-14(4-2-12)21-11-16(19)18-7-5-15-13(10-18)6-8-20-15/h1-4,6,8H,5,7,10-11H2. The minimum atomic E-state index is 0.182. The van der Waals surface area contributed by atoms with E-state index in [4.69, 9.17) is 5.26 Å². The van der Waals surface area contributed by atoms with E-state index >= 15 is 0 Å². The van der Waals surface area contributed by atoms with Gasteiger partial charge in [0.05, 0.1) is 17.4 Å². The van der Waals surface area contributed by atoms with Gasteiger partial charge in [-0.3, -0.25) is 4.79 Å². The van der Waals surface area contributed by atoms with Crippen LogP contribution >= 0.6 is 23.1 Å². The smallest absolute Gasteiger partial charge is 0.233 e. The zero-order valence-electron chi connectivity index (χ0n) is 11.4. The Balaban J connectivity index is 1.56. The Morgan fingerprint density at radius 3 is 2.90 bits per heavy atom. The Morgan fingerprint density at radius 1 is 1.33 bits per heavy atom. The molecule has 0 aliphatic carbocycles. The van der Waals surface area contributed by atoms with Crippen molar-refractivity contribution in [1.29, 1.82) is 5.26 Å². The van der Waals surface area contributed by atoms with Gasteiger partial charge < -0.3 is 4.90 Å². The first-order valence-electron chi connectivity index (χ1n) is 6.72. The third-order valence-electron chi connectivity index (χ3n) is 3.51. The van der Waals surface area contributed by atoms with Crippen LogP contribution in [0.25, 0.3) is 0 Å². The largest absolute Gasteiger partial charge is 0.337 e. The highest BCUT2D eigenvalue weighted by Gasteiger charge is 2.21. The molecule has 0 fully saturated rings. The van der Waals surface area contributed by atoms with Crippen LogP contribution < -0.4 is 0 Å². The summed E-state index contributed by atoms with van der Waals surface area (Å²) >= 11 is 3.31. The molecule has 1 aliphatic heterocycles. The molecule has 1 aromatic carbocycles. The summed E-state index contributed by atoms with van der Waals surface area (Å²) in [6.45, 7) is 1.56. The summed E-state index contributed by atoms with van der Waals surface area (Å²) in [5.41, 5.74) is 1.94. The Kier molecular flexibility index (Phi) is 4.28. The van der Waals surface area contributed by atoms with Gasteiger partial charge in [0.1, 0.15) is 0 Å². The normalized spacial score (nSPS) is 13.6. The molecule has 21 heavy (non-hydrogen) atoms. The number of benzene rings is 1. The van der Waals surface area contributed by atoms with Gasteiger partial charge in [-0.2, -0.15) is 5.26 Å². The van der Waals surface area contributed by atoms with Crippen LogP contribution in [0.3, 0.4) is 0 Å². The zero-order valence-corrected chi connectivity index (χ0v) is 13.0. The van der Waals surface area contributed by atoms with E-state index in [0.29, 0.717) is 11.3 Å². The number of nitrogens with zero attached hydrogens (tertiary/aromatic N) is 2. The van der Waals surface area contributed by atoms with Gasteiger partial charge >= 0.3 is 0 Å². The van der Waals surface area contributed by atoms with Crippen LogP contribution in [0.1, 0.15) is 16.0 Å². The first-order chi connectivity index (χ1) is 10.3. The third-order valence-corrected chi connectivity index (χ3v) is 5.53. The molecular weight excluding hydrogens is 300 g/mol. The van der Waals surface area contributed by atoms with Crippen LogP contribution in [0.4, 0.5) is 0 Å². The summed E-state index contributed by atoms with van der Waals surface area (Å²) in [4.78, 5) is 16.7. The molecule has 0 bridgehead atoms. The van der Waals surface area contributed by atoms with Crippen molar-refractivity contribution in [3.05, 3.63) is 51.7 Å². The van der Waals surface area contributed by atoms with Gasteiger partial charge in [0, 0.05) is 22.9 Å². The Bertz CT molecular complexity index is 685. The number of amides is 1. The molecule has 0 radical (unpaired) electrons. The van der Waals surface area contributed by atoms with Crippen molar-refractivity contribution in [1.82, 2.24) is 4.90 Å². The molecule has 106 valence electrons. The van der Waals surface area contributed by atoms with E-state index in [1.807, 2.05) is 17.0 Å². The van der Waals surface area contributed by atoms with Crippen LogP contribution in [0, 0.1) is 11.3 Å². The molecule has 3 nitrogen and oxygen atoms in total. The Morgan fingerprint density at radius 2 is 2.14 bits per heavy atom. The summed E-state index contributed by atoms with van der Waals surface area (Å²) in [5.74, 6) is 0.631. The molecule has 0 saturated carbocycles. The predicted molar refractivity (Wildman–Crippen MR) is 85.3 cm³/mol.